The minimum atomic E-state index is 0.547. The van der Waals surface area contributed by atoms with Crippen molar-refractivity contribution >= 4 is 0 Å². The van der Waals surface area contributed by atoms with Gasteiger partial charge in [-0.25, -0.2) is 0 Å². The van der Waals surface area contributed by atoms with Crippen LogP contribution in [0, 0.1) is 5.41 Å². The third-order valence-electron chi connectivity index (χ3n) is 3.00. The summed E-state index contributed by atoms with van der Waals surface area (Å²) >= 11 is 0. The average Bonchev–Trinajstić information content (AvgIpc) is 2.25. The molecule has 1 aliphatic rings. The lowest BCUT2D eigenvalue weighted by atomic mass is 9.90. The minimum Gasteiger partial charge on any atom is -0.297 e. The van der Waals surface area contributed by atoms with Gasteiger partial charge in [-0.2, -0.15) is 0 Å². The van der Waals surface area contributed by atoms with Gasteiger partial charge in [0.1, 0.15) is 0 Å². The van der Waals surface area contributed by atoms with Gasteiger partial charge in [0, 0.05) is 18.6 Å². The number of nitrogens with zero attached hydrogens (tertiary/aromatic N) is 1. The van der Waals surface area contributed by atoms with E-state index in [2.05, 4.69) is 39.5 Å². The molecule has 72 valence electrons. The molecule has 0 aliphatic carbocycles. The van der Waals surface area contributed by atoms with Gasteiger partial charge in [-0.3, -0.25) is 4.90 Å². The summed E-state index contributed by atoms with van der Waals surface area (Å²) in [6.07, 6.45) is 2.68. The molecule has 1 heterocycles. The lowest BCUT2D eigenvalue weighted by Crippen LogP contribution is -2.35. The highest BCUT2D eigenvalue weighted by Crippen LogP contribution is 2.36. The fraction of sp³-hybridized carbons (Fsp3) is 1.00. The third kappa shape index (κ3) is 2.01. The third-order valence-corrected chi connectivity index (χ3v) is 3.00. The molecule has 1 fully saturated rings. The molecule has 0 unspecified atom stereocenters. The maximum atomic E-state index is 2.65. The quantitative estimate of drug-likeness (QED) is 0.614. The second-order valence-corrected chi connectivity index (χ2v) is 5.20. The molecule has 1 nitrogen and oxygen atoms in total. The fourth-order valence-electron chi connectivity index (χ4n) is 2.43. The normalized spacial score (nSPS) is 30.0. The lowest BCUT2D eigenvalue weighted by molar-refractivity contribution is 0.190. The Labute approximate surface area is 77.1 Å². The van der Waals surface area contributed by atoms with Crippen LogP contribution in [0.3, 0.4) is 0 Å². The highest BCUT2D eigenvalue weighted by molar-refractivity contribution is 4.91. The average molecular weight is 169 g/mol. The summed E-state index contributed by atoms with van der Waals surface area (Å²) in [6, 6.07) is 1.55. The maximum absolute atomic E-state index is 2.65. The molecule has 1 saturated heterocycles. The number of hydrogen-bond donors (Lipinski definition) is 0. The van der Waals surface area contributed by atoms with Crippen LogP contribution in [-0.4, -0.2) is 23.5 Å². The smallest absolute Gasteiger partial charge is 0.0101 e. The van der Waals surface area contributed by atoms with E-state index >= 15 is 0 Å². The van der Waals surface area contributed by atoms with E-state index in [4.69, 9.17) is 0 Å². The summed E-state index contributed by atoms with van der Waals surface area (Å²) in [5.41, 5.74) is 0.547. The van der Waals surface area contributed by atoms with Gasteiger partial charge in [-0.1, -0.05) is 20.8 Å². The van der Waals surface area contributed by atoms with E-state index < -0.39 is 0 Å². The molecule has 0 saturated carbocycles. The molecule has 1 atom stereocenters. The van der Waals surface area contributed by atoms with Crippen molar-refractivity contribution in [1.29, 1.82) is 0 Å². The highest BCUT2D eigenvalue weighted by Gasteiger charge is 2.37. The molecule has 12 heavy (non-hydrogen) atoms. The maximum Gasteiger partial charge on any atom is 0.0101 e. The molecule has 1 heteroatoms. The van der Waals surface area contributed by atoms with Gasteiger partial charge in [-0.15, -0.1) is 0 Å². The largest absolute Gasteiger partial charge is 0.297 e. The molecule has 0 amide bonds. The van der Waals surface area contributed by atoms with E-state index in [0.717, 1.165) is 12.1 Å². The summed E-state index contributed by atoms with van der Waals surface area (Å²) < 4.78 is 0. The van der Waals surface area contributed by atoms with Crippen LogP contribution in [0.25, 0.3) is 0 Å². The Morgan fingerprint density at radius 2 is 2.00 bits per heavy atom. The van der Waals surface area contributed by atoms with E-state index in [-0.39, 0.29) is 0 Å². The van der Waals surface area contributed by atoms with Crippen molar-refractivity contribution in [3.63, 3.8) is 0 Å². The molecule has 0 bridgehead atoms. The standard InChI is InChI=1S/C11H23N/c1-6-10-7-11(4,5)8-12(10)9(2)3/h9-10H,6-8H2,1-5H3/t10-/m1/s1. The van der Waals surface area contributed by atoms with Crippen LogP contribution in [0.2, 0.25) is 0 Å². The van der Waals surface area contributed by atoms with E-state index in [1.165, 1.54) is 19.4 Å². The van der Waals surface area contributed by atoms with Crippen LogP contribution < -0.4 is 0 Å². The zero-order chi connectivity index (χ0) is 9.35. The van der Waals surface area contributed by atoms with Gasteiger partial charge >= 0.3 is 0 Å². The number of likely N-dealkylation sites (tertiary alicyclic amines) is 1. The number of hydrogen-bond acceptors (Lipinski definition) is 1. The van der Waals surface area contributed by atoms with Crippen LogP contribution in [0.4, 0.5) is 0 Å². The Morgan fingerprint density at radius 3 is 2.33 bits per heavy atom. The molecule has 0 N–H and O–H groups in total. The summed E-state index contributed by atoms with van der Waals surface area (Å²) in [6.45, 7) is 13.0. The Morgan fingerprint density at radius 1 is 1.42 bits per heavy atom. The van der Waals surface area contributed by atoms with Gasteiger partial charge in [0.05, 0.1) is 0 Å². The second kappa shape index (κ2) is 3.37. The van der Waals surface area contributed by atoms with Crippen LogP contribution in [0.15, 0.2) is 0 Å². The molecule has 0 radical (unpaired) electrons. The lowest BCUT2D eigenvalue weighted by Gasteiger charge is -2.27. The molecule has 0 aromatic heterocycles. The van der Waals surface area contributed by atoms with E-state index in [0.29, 0.717) is 5.41 Å². The molecule has 0 aromatic carbocycles. The predicted octanol–water partition coefficient (Wildman–Crippen LogP) is 2.91. The number of rotatable bonds is 2. The predicted molar refractivity (Wildman–Crippen MR) is 54.3 cm³/mol. The van der Waals surface area contributed by atoms with Crippen LogP contribution in [-0.2, 0) is 0 Å². The Balaban J connectivity index is 2.63. The van der Waals surface area contributed by atoms with Crippen LogP contribution in [0.5, 0.6) is 0 Å². The first-order valence-corrected chi connectivity index (χ1v) is 5.22. The Hall–Kier alpha value is -0.0400. The van der Waals surface area contributed by atoms with Crippen molar-refractivity contribution < 1.29 is 0 Å². The fourth-order valence-corrected chi connectivity index (χ4v) is 2.43. The summed E-state index contributed by atoms with van der Waals surface area (Å²) in [5, 5.41) is 0. The van der Waals surface area contributed by atoms with E-state index in [9.17, 15) is 0 Å². The van der Waals surface area contributed by atoms with Crippen molar-refractivity contribution in [2.24, 2.45) is 5.41 Å². The summed E-state index contributed by atoms with van der Waals surface area (Å²) in [5.74, 6) is 0. The summed E-state index contributed by atoms with van der Waals surface area (Å²) in [7, 11) is 0. The highest BCUT2D eigenvalue weighted by atomic mass is 15.2. The molecule has 0 spiro atoms. The molecular weight excluding hydrogens is 146 g/mol. The van der Waals surface area contributed by atoms with Crippen molar-refractivity contribution in [2.45, 2.75) is 59.5 Å². The molecule has 1 aliphatic heterocycles. The SMILES string of the molecule is CC[C@@H]1CC(C)(C)CN1C(C)C. The van der Waals surface area contributed by atoms with Gasteiger partial charge < -0.3 is 0 Å². The summed E-state index contributed by atoms with van der Waals surface area (Å²) in [4.78, 5) is 2.65. The van der Waals surface area contributed by atoms with E-state index in [1.807, 2.05) is 0 Å². The first-order valence-electron chi connectivity index (χ1n) is 5.22. The van der Waals surface area contributed by atoms with Crippen molar-refractivity contribution in [1.82, 2.24) is 4.90 Å². The second-order valence-electron chi connectivity index (χ2n) is 5.20. The van der Waals surface area contributed by atoms with Gasteiger partial charge in [0.15, 0.2) is 0 Å². The molecule has 0 aromatic rings. The van der Waals surface area contributed by atoms with Gasteiger partial charge in [0.25, 0.3) is 0 Å². The van der Waals surface area contributed by atoms with Gasteiger partial charge in [0.2, 0.25) is 0 Å². The first kappa shape index (κ1) is 10.0. The monoisotopic (exact) mass is 169 g/mol. The zero-order valence-corrected chi connectivity index (χ0v) is 9.22. The van der Waals surface area contributed by atoms with E-state index in [1.54, 1.807) is 0 Å². The van der Waals surface area contributed by atoms with Gasteiger partial charge in [-0.05, 0) is 32.1 Å². The topological polar surface area (TPSA) is 3.24 Å². The van der Waals surface area contributed by atoms with Crippen molar-refractivity contribution in [3.8, 4) is 0 Å². The minimum absolute atomic E-state index is 0.547. The van der Waals surface area contributed by atoms with Crippen molar-refractivity contribution in [2.75, 3.05) is 6.54 Å². The Kier molecular flexibility index (Phi) is 2.82. The Bertz CT molecular complexity index is 149. The van der Waals surface area contributed by atoms with Crippen LogP contribution >= 0.6 is 0 Å². The van der Waals surface area contributed by atoms with Crippen LogP contribution in [0.1, 0.15) is 47.5 Å². The first-order chi connectivity index (χ1) is 5.46. The molecule has 1 rings (SSSR count). The molecular formula is C11H23N. The zero-order valence-electron chi connectivity index (χ0n) is 9.22. The van der Waals surface area contributed by atoms with Crippen molar-refractivity contribution in [3.05, 3.63) is 0 Å².